The van der Waals surface area contributed by atoms with Gasteiger partial charge in [0.1, 0.15) is 5.54 Å². The van der Waals surface area contributed by atoms with Gasteiger partial charge in [0.25, 0.3) is 0 Å². The smallest absolute Gasteiger partial charge is 0.231 e. The number of nitrogens with zero attached hydrogens (tertiary/aromatic N) is 1. The number of amides is 1. The normalized spacial score (nSPS) is 39.9. The summed E-state index contributed by atoms with van der Waals surface area (Å²) in [5, 5.41) is 12.8. The van der Waals surface area contributed by atoms with Crippen molar-refractivity contribution in [3.05, 3.63) is 0 Å². The number of rotatable bonds is 4. The average molecular weight is 347 g/mol. The first kappa shape index (κ1) is 16.8. The summed E-state index contributed by atoms with van der Waals surface area (Å²) in [6, 6.07) is 2.44. The van der Waals surface area contributed by atoms with Crippen molar-refractivity contribution in [2.45, 2.75) is 87.3 Å². The van der Waals surface area contributed by atoms with Crippen LogP contribution < -0.4 is 5.32 Å². The molecule has 5 saturated carbocycles. The van der Waals surface area contributed by atoms with E-state index >= 15 is 0 Å². The quantitative estimate of drug-likeness (QED) is 0.767. The molecule has 0 radical (unpaired) electrons. The maximum Gasteiger partial charge on any atom is 0.231 e. The molecule has 5 aliphatic carbocycles. The Bertz CT molecular complexity index is 495. The number of thioether (sulfide) groups is 1. The Balaban J connectivity index is 1.34. The van der Waals surface area contributed by atoms with E-state index in [0.717, 1.165) is 43.4 Å². The number of carbonyl (C=O) groups is 1. The fraction of sp³-hybridized carbons (Fsp3) is 0.900. The van der Waals surface area contributed by atoms with Crippen LogP contribution >= 0.6 is 11.8 Å². The molecular formula is C20H30N2OS. The van der Waals surface area contributed by atoms with E-state index in [0.29, 0.717) is 10.5 Å². The van der Waals surface area contributed by atoms with Crippen LogP contribution in [-0.2, 0) is 4.79 Å². The molecule has 0 aromatic carbocycles. The summed E-state index contributed by atoms with van der Waals surface area (Å²) in [6.45, 7) is 0. The van der Waals surface area contributed by atoms with Crippen molar-refractivity contribution in [3.63, 3.8) is 0 Å². The largest absolute Gasteiger partial charge is 0.337 e. The van der Waals surface area contributed by atoms with E-state index in [1.807, 2.05) is 11.8 Å². The molecule has 4 bridgehead atoms. The molecule has 0 aromatic heterocycles. The molecule has 0 spiro atoms. The van der Waals surface area contributed by atoms with Crippen LogP contribution in [0.1, 0.15) is 77.0 Å². The predicted molar refractivity (Wildman–Crippen MR) is 97.5 cm³/mol. The molecule has 3 nitrogen and oxygen atoms in total. The molecule has 1 N–H and O–H groups in total. The zero-order valence-electron chi connectivity index (χ0n) is 14.7. The van der Waals surface area contributed by atoms with Gasteiger partial charge in [-0.3, -0.25) is 4.79 Å². The van der Waals surface area contributed by atoms with E-state index in [2.05, 4.69) is 11.4 Å². The maximum atomic E-state index is 12.6. The van der Waals surface area contributed by atoms with Gasteiger partial charge < -0.3 is 5.32 Å². The van der Waals surface area contributed by atoms with Gasteiger partial charge in [-0.1, -0.05) is 25.7 Å². The highest BCUT2D eigenvalue weighted by Crippen LogP contribution is 2.60. The summed E-state index contributed by atoms with van der Waals surface area (Å²) in [4.78, 5) is 12.6. The first-order chi connectivity index (χ1) is 11.6. The summed E-state index contributed by atoms with van der Waals surface area (Å²) in [6.07, 6.45) is 14.5. The van der Waals surface area contributed by atoms with Gasteiger partial charge in [0.05, 0.1) is 11.8 Å². The Kier molecular flexibility index (Phi) is 4.58. The van der Waals surface area contributed by atoms with E-state index in [1.165, 1.54) is 51.4 Å². The molecule has 0 aromatic rings. The van der Waals surface area contributed by atoms with Gasteiger partial charge in [-0.15, -0.1) is 11.8 Å². The second-order valence-electron chi connectivity index (χ2n) is 9.05. The lowest BCUT2D eigenvalue weighted by Gasteiger charge is -2.56. The Labute approximate surface area is 150 Å². The van der Waals surface area contributed by atoms with Crippen LogP contribution in [0.15, 0.2) is 0 Å². The van der Waals surface area contributed by atoms with Crippen LogP contribution in [0.25, 0.3) is 0 Å². The van der Waals surface area contributed by atoms with Gasteiger partial charge in [0, 0.05) is 4.75 Å². The van der Waals surface area contributed by atoms with Crippen molar-refractivity contribution < 1.29 is 4.79 Å². The second-order valence-corrected chi connectivity index (χ2v) is 10.5. The molecule has 0 saturated heterocycles. The minimum absolute atomic E-state index is 0.0965. The highest BCUT2D eigenvalue weighted by atomic mass is 32.2. The number of nitrogens with one attached hydrogen (secondary N) is 1. The highest BCUT2D eigenvalue weighted by molar-refractivity contribution is 8.01. The highest BCUT2D eigenvalue weighted by Gasteiger charge is 2.51. The van der Waals surface area contributed by atoms with Crippen LogP contribution in [0.4, 0.5) is 0 Å². The van der Waals surface area contributed by atoms with E-state index in [1.54, 1.807) is 0 Å². The lowest BCUT2D eigenvalue weighted by molar-refractivity contribution is -0.120. The molecule has 5 fully saturated rings. The zero-order valence-corrected chi connectivity index (χ0v) is 15.5. The molecule has 5 rings (SSSR count). The van der Waals surface area contributed by atoms with Gasteiger partial charge in [-0.2, -0.15) is 5.26 Å². The fourth-order valence-electron chi connectivity index (χ4n) is 6.33. The van der Waals surface area contributed by atoms with Gasteiger partial charge in [0.15, 0.2) is 0 Å². The summed E-state index contributed by atoms with van der Waals surface area (Å²) >= 11 is 1.92. The summed E-state index contributed by atoms with van der Waals surface area (Å²) in [5.74, 6) is 3.44. The number of nitriles is 1. The minimum Gasteiger partial charge on any atom is -0.337 e. The molecule has 5 aliphatic rings. The van der Waals surface area contributed by atoms with Gasteiger partial charge >= 0.3 is 0 Å². The fourth-order valence-corrected chi connectivity index (χ4v) is 7.90. The summed E-state index contributed by atoms with van der Waals surface area (Å²) in [7, 11) is 0. The van der Waals surface area contributed by atoms with Gasteiger partial charge in [0.2, 0.25) is 5.91 Å². The predicted octanol–water partition coefficient (Wildman–Crippen LogP) is 4.42. The first-order valence-corrected chi connectivity index (χ1v) is 11.0. The van der Waals surface area contributed by atoms with Crippen molar-refractivity contribution in [1.82, 2.24) is 5.32 Å². The summed E-state index contributed by atoms with van der Waals surface area (Å²) < 4.78 is 0.384. The Morgan fingerprint density at radius 1 is 1.00 bits per heavy atom. The molecule has 0 aliphatic heterocycles. The third-order valence-corrected chi connectivity index (χ3v) is 8.56. The van der Waals surface area contributed by atoms with Gasteiger partial charge in [-0.05, 0) is 69.1 Å². The van der Waals surface area contributed by atoms with Crippen LogP contribution in [0.3, 0.4) is 0 Å². The van der Waals surface area contributed by atoms with Crippen molar-refractivity contribution in [2.75, 3.05) is 5.75 Å². The topological polar surface area (TPSA) is 52.9 Å². The molecule has 0 unspecified atom stereocenters. The molecule has 24 heavy (non-hydrogen) atoms. The lowest BCUT2D eigenvalue weighted by atomic mass is 9.56. The van der Waals surface area contributed by atoms with E-state index in [9.17, 15) is 10.1 Å². The third kappa shape index (κ3) is 3.34. The minimum atomic E-state index is -0.588. The SMILES string of the molecule is N#CC1(NC(=O)CSC23CC4CC(CC(C4)C2)C3)CCCCCC1. The average Bonchev–Trinajstić information content (AvgIpc) is 2.78. The molecule has 0 atom stereocenters. The van der Waals surface area contributed by atoms with Crippen LogP contribution in [0, 0.1) is 29.1 Å². The van der Waals surface area contributed by atoms with Crippen molar-refractivity contribution in [1.29, 1.82) is 5.26 Å². The standard InChI is InChI=1S/C20H30N2OS/c21-14-19(5-3-1-2-4-6-19)22-18(23)13-24-20-10-15-7-16(11-20)9-17(8-15)12-20/h15-17H,1-13H2,(H,22,23). The second kappa shape index (κ2) is 6.56. The first-order valence-electron chi connectivity index (χ1n) is 9.97. The summed E-state index contributed by atoms with van der Waals surface area (Å²) in [5.41, 5.74) is -0.588. The Morgan fingerprint density at radius 2 is 1.54 bits per heavy atom. The van der Waals surface area contributed by atoms with E-state index in [-0.39, 0.29) is 5.91 Å². The van der Waals surface area contributed by atoms with E-state index in [4.69, 9.17) is 0 Å². The Hall–Kier alpha value is -0.690. The number of carbonyl (C=O) groups excluding carboxylic acids is 1. The maximum absolute atomic E-state index is 12.6. The van der Waals surface area contributed by atoms with Crippen LogP contribution in [0.5, 0.6) is 0 Å². The molecule has 4 heteroatoms. The number of hydrogen-bond donors (Lipinski definition) is 1. The monoisotopic (exact) mass is 346 g/mol. The molecular weight excluding hydrogens is 316 g/mol. The Morgan fingerprint density at radius 3 is 2.04 bits per heavy atom. The number of hydrogen-bond acceptors (Lipinski definition) is 3. The van der Waals surface area contributed by atoms with Crippen molar-refractivity contribution >= 4 is 17.7 Å². The van der Waals surface area contributed by atoms with Crippen molar-refractivity contribution in [3.8, 4) is 6.07 Å². The lowest BCUT2D eigenvalue weighted by Crippen LogP contribution is -2.50. The molecule has 1 amide bonds. The zero-order chi connectivity index (χ0) is 16.6. The van der Waals surface area contributed by atoms with Crippen molar-refractivity contribution in [2.24, 2.45) is 17.8 Å². The van der Waals surface area contributed by atoms with Gasteiger partial charge in [-0.25, -0.2) is 0 Å². The molecule has 132 valence electrons. The third-order valence-electron chi connectivity index (χ3n) is 7.04. The van der Waals surface area contributed by atoms with E-state index < -0.39 is 5.54 Å². The molecule has 0 heterocycles. The van der Waals surface area contributed by atoms with Crippen LogP contribution in [0.2, 0.25) is 0 Å². The van der Waals surface area contributed by atoms with Crippen LogP contribution in [-0.4, -0.2) is 21.9 Å².